The maximum Gasteiger partial charge on any atom is 0.191 e. The maximum atomic E-state index is 5.87. The van der Waals surface area contributed by atoms with Crippen LogP contribution in [0, 0.1) is 6.92 Å². The zero-order valence-corrected chi connectivity index (χ0v) is 16.2. The first kappa shape index (κ1) is 20.6. The third-order valence-electron chi connectivity index (χ3n) is 3.26. The molecule has 1 rings (SSSR count). The minimum absolute atomic E-state index is 0.556. The van der Waals surface area contributed by atoms with Crippen molar-refractivity contribution >= 4 is 17.7 Å². The number of benzene rings is 1. The first-order valence-electron chi connectivity index (χ1n) is 8.52. The van der Waals surface area contributed by atoms with Gasteiger partial charge in [-0.05, 0) is 38.7 Å². The minimum atomic E-state index is 0.556. The Hall–Kier alpha value is -1.40. The molecule has 0 fully saturated rings. The minimum Gasteiger partial charge on any atom is -0.491 e. The highest BCUT2D eigenvalue weighted by Gasteiger charge is 2.05. The van der Waals surface area contributed by atoms with Gasteiger partial charge in [-0.15, -0.1) is 0 Å². The standard InChI is InChI=1S/C18H31N3O2S/c1-5-19-18(20-9-12-24-4)21-14-16-8-7-15(3)13-17(16)23-11-10-22-6-2/h7-8,13H,5-6,9-12,14H2,1-4H3,(H2,19,20,21). The lowest BCUT2D eigenvalue weighted by Gasteiger charge is -2.13. The number of ether oxygens (including phenoxy) is 2. The molecule has 1 aromatic rings. The molecule has 136 valence electrons. The average Bonchev–Trinajstić information content (AvgIpc) is 2.58. The first-order valence-corrected chi connectivity index (χ1v) is 9.91. The molecule has 0 aliphatic carbocycles. The van der Waals surface area contributed by atoms with E-state index in [1.807, 2.05) is 18.7 Å². The van der Waals surface area contributed by atoms with E-state index in [0.29, 0.717) is 26.4 Å². The zero-order valence-electron chi connectivity index (χ0n) is 15.4. The van der Waals surface area contributed by atoms with Gasteiger partial charge in [0.15, 0.2) is 5.96 Å². The second-order valence-corrected chi connectivity index (χ2v) is 6.26. The molecule has 0 unspecified atom stereocenters. The largest absolute Gasteiger partial charge is 0.491 e. The van der Waals surface area contributed by atoms with Crippen LogP contribution in [0.25, 0.3) is 0 Å². The van der Waals surface area contributed by atoms with Gasteiger partial charge < -0.3 is 20.1 Å². The number of nitrogens with one attached hydrogen (secondary N) is 2. The number of hydrogen-bond donors (Lipinski definition) is 2. The molecule has 6 heteroatoms. The predicted molar refractivity (Wildman–Crippen MR) is 104 cm³/mol. The van der Waals surface area contributed by atoms with Crippen LogP contribution in [-0.4, -0.2) is 50.9 Å². The Kier molecular flexibility index (Phi) is 11.1. The summed E-state index contributed by atoms with van der Waals surface area (Å²) in [5.74, 6) is 2.78. The van der Waals surface area contributed by atoms with Gasteiger partial charge in [0, 0.05) is 31.0 Å². The summed E-state index contributed by atoms with van der Waals surface area (Å²) in [5, 5.41) is 6.61. The van der Waals surface area contributed by atoms with Crippen LogP contribution in [0.5, 0.6) is 5.75 Å². The molecule has 0 aromatic heterocycles. The summed E-state index contributed by atoms with van der Waals surface area (Å²) in [7, 11) is 0. The Morgan fingerprint density at radius 1 is 1.21 bits per heavy atom. The fourth-order valence-corrected chi connectivity index (χ4v) is 2.37. The van der Waals surface area contributed by atoms with E-state index in [4.69, 9.17) is 9.47 Å². The van der Waals surface area contributed by atoms with Crippen molar-refractivity contribution in [3.05, 3.63) is 29.3 Å². The third kappa shape index (κ3) is 8.45. The van der Waals surface area contributed by atoms with E-state index in [0.717, 1.165) is 36.1 Å². The topological polar surface area (TPSA) is 54.9 Å². The van der Waals surface area contributed by atoms with Crippen LogP contribution in [0.2, 0.25) is 0 Å². The SMILES string of the molecule is CCNC(=NCc1ccc(C)cc1OCCOCC)NCCSC. The molecule has 0 aliphatic heterocycles. The molecule has 2 N–H and O–H groups in total. The average molecular weight is 354 g/mol. The van der Waals surface area contributed by atoms with Crippen molar-refractivity contribution in [3.8, 4) is 5.75 Å². The Bertz CT molecular complexity index is 495. The second-order valence-electron chi connectivity index (χ2n) is 5.27. The molecule has 0 bridgehead atoms. The third-order valence-corrected chi connectivity index (χ3v) is 3.87. The lowest BCUT2D eigenvalue weighted by Crippen LogP contribution is -2.38. The number of nitrogens with zero attached hydrogens (tertiary/aromatic N) is 1. The van der Waals surface area contributed by atoms with Gasteiger partial charge in [0.1, 0.15) is 12.4 Å². The van der Waals surface area contributed by atoms with E-state index in [1.54, 1.807) is 0 Å². The molecule has 0 saturated heterocycles. The number of aliphatic imine (C=N–C) groups is 1. The van der Waals surface area contributed by atoms with E-state index in [9.17, 15) is 0 Å². The van der Waals surface area contributed by atoms with Gasteiger partial charge in [0.05, 0.1) is 13.2 Å². The Morgan fingerprint density at radius 2 is 2.04 bits per heavy atom. The van der Waals surface area contributed by atoms with Crippen LogP contribution >= 0.6 is 11.8 Å². The quantitative estimate of drug-likeness (QED) is 0.364. The molecule has 24 heavy (non-hydrogen) atoms. The van der Waals surface area contributed by atoms with Crippen LogP contribution < -0.4 is 15.4 Å². The summed E-state index contributed by atoms with van der Waals surface area (Å²) in [6, 6.07) is 6.24. The van der Waals surface area contributed by atoms with Crippen LogP contribution in [0.3, 0.4) is 0 Å². The molecule has 1 aromatic carbocycles. The highest BCUT2D eigenvalue weighted by atomic mass is 32.2. The molecule has 0 aliphatic rings. The van der Waals surface area contributed by atoms with Gasteiger partial charge in [0.2, 0.25) is 0 Å². The van der Waals surface area contributed by atoms with Gasteiger partial charge in [-0.1, -0.05) is 12.1 Å². The van der Waals surface area contributed by atoms with E-state index >= 15 is 0 Å². The molecule has 0 atom stereocenters. The number of aryl methyl sites for hydroxylation is 1. The van der Waals surface area contributed by atoms with Crippen molar-refractivity contribution in [3.63, 3.8) is 0 Å². The molecular formula is C18H31N3O2S. The monoisotopic (exact) mass is 353 g/mol. The van der Waals surface area contributed by atoms with Gasteiger partial charge in [0.25, 0.3) is 0 Å². The number of guanidine groups is 1. The molecule has 0 saturated carbocycles. The fourth-order valence-electron chi connectivity index (χ4n) is 2.06. The lowest BCUT2D eigenvalue weighted by molar-refractivity contribution is 0.110. The zero-order chi connectivity index (χ0) is 17.6. The summed E-state index contributed by atoms with van der Waals surface area (Å²) >= 11 is 1.82. The lowest BCUT2D eigenvalue weighted by atomic mass is 10.1. The van der Waals surface area contributed by atoms with Crippen molar-refractivity contribution in [2.75, 3.05) is 44.9 Å². The Morgan fingerprint density at radius 3 is 2.75 bits per heavy atom. The summed E-state index contributed by atoms with van der Waals surface area (Å²) in [6.45, 7) is 10.3. The highest BCUT2D eigenvalue weighted by Crippen LogP contribution is 2.21. The van der Waals surface area contributed by atoms with Crippen LogP contribution in [0.15, 0.2) is 23.2 Å². The van der Waals surface area contributed by atoms with Crippen LogP contribution in [0.4, 0.5) is 0 Å². The summed E-state index contributed by atoms with van der Waals surface area (Å²) in [4.78, 5) is 4.66. The Labute approximate surface area is 150 Å². The predicted octanol–water partition coefficient (Wildman–Crippen LogP) is 2.83. The van der Waals surface area contributed by atoms with Crippen molar-refractivity contribution in [2.45, 2.75) is 27.3 Å². The van der Waals surface area contributed by atoms with E-state index in [2.05, 4.69) is 53.9 Å². The van der Waals surface area contributed by atoms with E-state index < -0.39 is 0 Å². The van der Waals surface area contributed by atoms with E-state index in [1.165, 1.54) is 5.56 Å². The van der Waals surface area contributed by atoms with Crippen LogP contribution in [-0.2, 0) is 11.3 Å². The smallest absolute Gasteiger partial charge is 0.191 e. The van der Waals surface area contributed by atoms with Gasteiger partial charge in [-0.3, -0.25) is 0 Å². The van der Waals surface area contributed by atoms with Crippen LogP contribution in [0.1, 0.15) is 25.0 Å². The molecule has 0 heterocycles. The van der Waals surface area contributed by atoms with Crippen molar-refractivity contribution < 1.29 is 9.47 Å². The number of thioether (sulfide) groups is 1. The molecule has 5 nitrogen and oxygen atoms in total. The highest BCUT2D eigenvalue weighted by molar-refractivity contribution is 7.98. The van der Waals surface area contributed by atoms with Gasteiger partial charge in [-0.2, -0.15) is 11.8 Å². The fraction of sp³-hybridized carbons (Fsp3) is 0.611. The number of hydrogen-bond acceptors (Lipinski definition) is 4. The number of rotatable bonds is 11. The van der Waals surface area contributed by atoms with E-state index in [-0.39, 0.29) is 0 Å². The molecular weight excluding hydrogens is 322 g/mol. The molecule has 0 amide bonds. The summed E-state index contributed by atoms with van der Waals surface area (Å²) < 4.78 is 11.2. The first-order chi connectivity index (χ1) is 11.7. The summed E-state index contributed by atoms with van der Waals surface area (Å²) in [5.41, 5.74) is 2.26. The summed E-state index contributed by atoms with van der Waals surface area (Å²) in [6.07, 6.45) is 2.10. The van der Waals surface area contributed by atoms with Crippen molar-refractivity contribution in [2.24, 2.45) is 4.99 Å². The molecule has 0 spiro atoms. The van der Waals surface area contributed by atoms with Gasteiger partial charge >= 0.3 is 0 Å². The van der Waals surface area contributed by atoms with Gasteiger partial charge in [-0.25, -0.2) is 4.99 Å². The second kappa shape index (κ2) is 13.0. The molecule has 0 radical (unpaired) electrons. The van der Waals surface area contributed by atoms with Crippen molar-refractivity contribution in [1.82, 2.24) is 10.6 Å². The Balaban J connectivity index is 2.70. The normalized spacial score (nSPS) is 11.4. The maximum absolute atomic E-state index is 5.87. The van der Waals surface area contributed by atoms with Crippen molar-refractivity contribution in [1.29, 1.82) is 0 Å².